The number of nitrogens with zero attached hydrogens (tertiary/aromatic N) is 1. The summed E-state index contributed by atoms with van der Waals surface area (Å²) in [5.41, 5.74) is 1.21. The quantitative estimate of drug-likeness (QED) is 0.454. The largest absolute Gasteiger partial charge is 0.376 e. The Kier molecular flexibility index (Phi) is 10.6. The lowest BCUT2D eigenvalue weighted by molar-refractivity contribution is 0.0931. The van der Waals surface area contributed by atoms with Gasteiger partial charge in [-0.25, -0.2) is 0 Å². The molecule has 0 amide bonds. The van der Waals surface area contributed by atoms with Crippen molar-refractivity contribution >= 4 is 29.9 Å². The first-order valence-corrected chi connectivity index (χ1v) is 6.26. The molecule has 0 aromatic heterocycles. The molecule has 0 bridgehead atoms. The Morgan fingerprint density at radius 2 is 2.00 bits per heavy atom. The minimum absolute atomic E-state index is 0. The summed E-state index contributed by atoms with van der Waals surface area (Å²) in [6, 6.07) is 10.2. The standard InChI is InChI=1S/C14H23N3O.HI/c1-12(9-17-14(15-2)16-3)10-18-11-13-7-5-4-6-8-13;/h4-8,12H,9-11H2,1-3H3,(H2,15,16,17);1H. The highest BCUT2D eigenvalue weighted by Gasteiger charge is 2.03. The van der Waals surface area contributed by atoms with E-state index in [-0.39, 0.29) is 24.0 Å². The van der Waals surface area contributed by atoms with Crippen molar-refractivity contribution in [1.82, 2.24) is 10.6 Å². The Balaban J connectivity index is 0.00000324. The molecule has 0 heterocycles. The summed E-state index contributed by atoms with van der Waals surface area (Å²) >= 11 is 0. The van der Waals surface area contributed by atoms with Gasteiger partial charge in [0.1, 0.15) is 0 Å². The first-order chi connectivity index (χ1) is 8.76. The van der Waals surface area contributed by atoms with Gasteiger partial charge in [0.05, 0.1) is 13.2 Å². The molecular formula is C14H24IN3O. The van der Waals surface area contributed by atoms with Gasteiger partial charge < -0.3 is 15.4 Å². The molecule has 0 aliphatic heterocycles. The van der Waals surface area contributed by atoms with E-state index in [0.717, 1.165) is 19.1 Å². The van der Waals surface area contributed by atoms with Gasteiger partial charge in [-0.05, 0) is 11.5 Å². The summed E-state index contributed by atoms with van der Waals surface area (Å²) in [5.74, 6) is 1.25. The van der Waals surface area contributed by atoms with Crippen LogP contribution in [0.3, 0.4) is 0 Å². The SMILES string of the molecule is CN=C(NC)NCC(C)COCc1ccccc1.I. The van der Waals surface area contributed by atoms with E-state index in [1.165, 1.54) is 5.56 Å². The second-order valence-electron chi connectivity index (χ2n) is 4.31. The Morgan fingerprint density at radius 1 is 1.32 bits per heavy atom. The number of benzene rings is 1. The van der Waals surface area contributed by atoms with Crippen LogP contribution in [0, 0.1) is 5.92 Å². The van der Waals surface area contributed by atoms with Gasteiger partial charge in [-0.15, -0.1) is 24.0 Å². The molecule has 1 aromatic carbocycles. The zero-order chi connectivity index (χ0) is 13.2. The molecule has 0 fully saturated rings. The van der Waals surface area contributed by atoms with E-state index >= 15 is 0 Å². The number of hydrogen-bond donors (Lipinski definition) is 2. The molecule has 0 radical (unpaired) electrons. The van der Waals surface area contributed by atoms with Crippen LogP contribution >= 0.6 is 24.0 Å². The van der Waals surface area contributed by atoms with Crippen molar-refractivity contribution in [2.45, 2.75) is 13.5 Å². The van der Waals surface area contributed by atoms with Gasteiger partial charge >= 0.3 is 0 Å². The highest BCUT2D eigenvalue weighted by atomic mass is 127. The third-order valence-corrected chi connectivity index (χ3v) is 2.59. The van der Waals surface area contributed by atoms with E-state index in [9.17, 15) is 0 Å². The molecule has 1 unspecified atom stereocenters. The van der Waals surface area contributed by atoms with Gasteiger partial charge in [-0.3, -0.25) is 4.99 Å². The maximum absolute atomic E-state index is 5.68. The van der Waals surface area contributed by atoms with Gasteiger partial charge in [0, 0.05) is 20.6 Å². The summed E-state index contributed by atoms with van der Waals surface area (Å²) in [6.07, 6.45) is 0. The Morgan fingerprint density at radius 3 is 2.58 bits per heavy atom. The third kappa shape index (κ3) is 8.05. The molecule has 0 aliphatic rings. The molecule has 5 heteroatoms. The van der Waals surface area contributed by atoms with E-state index in [1.807, 2.05) is 25.2 Å². The summed E-state index contributed by atoms with van der Waals surface area (Å²) < 4.78 is 5.68. The molecular weight excluding hydrogens is 353 g/mol. The summed E-state index contributed by atoms with van der Waals surface area (Å²) in [7, 11) is 3.61. The lowest BCUT2D eigenvalue weighted by Crippen LogP contribution is -2.38. The van der Waals surface area contributed by atoms with E-state index in [4.69, 9.17) is 4.74 Å². The van der Waals surface area contributed by atoms with Crippen molar-refractivity contribution in [1.29, 1.82) is 0 Å². The molecule has 2 N–H and O–H groups in total. The maximum Gasteiger partial charge on any atom is 0.190 e. The average molecular weight is 377 g/mol. The summed E-state index contributed by atoms with van der Waals surface area (Å²) in [4.78, 5) is 4.06. The molecule has 0 saturated heterocycles. The molecule has 0 aliphatic carbocycles. The fourth-order valence-electron chi connectivity index (χ4n) is 1.56. The Labute approximate surface area is 133 Å². The van der Waals surface area contributed by atoms with E-state index in [1.54, 1.807) is 7.05 Å². The van der Waals surface area contributed by atoms with E-state index in [0.29, 0.717) is 12.5 Å². The minimum atomic E-state index is 0. The van der Waals surface area contributed by atoms with Crippen molar-refractivity contribution in [3.63, 3.8) is 0 Å². The Hall–Kier alpha value is -0.820. The van der Waals surface area contributed by atoms with Crippen LogP contribution in [0.25, 0.3) is 0 Å². The fraction of sp³-hybridized carbons (Fsp3) is 0.500. The molecule has 108 valence electrons. The number of hydrogen-bond acceptors (Lipinski definition) is 2. The number of nitrogens with one attached hydrogen (secondary N) is 2. The third-order valence-electron chi connectivity index (χ3n) is 2.59. The van der Waals surface area contributed by atoms with Crippen LogP contribution in [-0.4, -0.2) is 33.2 Å². The molecule has 1 atom stereocenters. The lowest BCUT2D eigenvalue weighted by Gasteiger charge is -2.14. The highest BCUT2D eigenvalue weighted by molar-refractivity contribution is 14.0. The van der Waals surface area contributed by atoms with Crippen LogP contribution in [0.4, 0.5) is 0 Å². The normalized spacial score (nSPS) is 12.5. The zero-order valence-corrected chi connectivity index (χ0v) is 14.2. The van der Waals surface area contributed by atoms with Crippen molar-refractivity contribution in [3.05, 3.63) is 35.9 Å². The molecule has 0 spiro atoms. The molecule has 1 rings (SSSR count). The van der Waals surface area contributed by atoms with Crippen LogP contribution in [0.15, 0.2) is 35.3 Å². The van der Waals surface area contributed by atoms with Gasteiger partial charge in [-0.1, -0.05) is 37.3 Å². The van der Waals surface area contributed by atoms with Crippen LogP contribution in [-0.2, 0) is 11.3 Å². The molecule has 19 heavy (non-hydrogen) atoms. The van der Waals surface area contributed by atoms with Gasteiger partial charge in [0.2, 0.25) is 0 Å². The summed E-state index contributed by atoms with van der Waals surface area (Å²) in [6.45, 7) is 4.41. The molecule has 0 saturated carbocycles. The molecule has 4 nitrogen and oxygen atoms in total. The van der Waals surface area contributed by atoms with Crippen LogP contribution in [0.1, 0.15) is 12.5 Å². The van der Waals surface area contributed by atoms with Gasteiger partial charge in [0.25, 0.3) is 0 Å². The van der Waals surface area contributed by atoms with Crippen LogP contribution < -0.4 is 10.6 Å². The van der Waals surface area contributed by atoms with Crippen molar-refractivity contribution in [2.24, 2.45) is 10.9 Å². The topological polar surface area (TPSA) is 45.7 Å². The maximum atomic E-state index is 5.68. The van der Waals surface area contributed by atoms with Gasteiger partial charge in [0.15, 0.2) is 5.96 Å². The highest BCUT2D eigenvalue weighted by Crippen LogP contribution is 2.02. The predicted molar refractivity (Wildman–Crippen MR) is 91.1 cm³/mol. The smallest absolute Gasteiger partial charge is 0.190 e. The second kappa shape index (κ2) is 11.0. The monoisotopic (exact) mass is 377 g/mol. The zero-order valence-electron chi connectivity index (χ0n) is 11.8. The summed E-state index contributed by atoms with van der Waals surface area (Å²) in [5, 5.41) is 6.21. The number of rotatable bonds is 6. The predicted octanol–water partition coefficient (Wildman–Crippen LogP) is 2.25. The number of ether oxygens (including phenoxy) is 1. The van der Waals surface area contributed by atoms with E-state index in [2.05, 4.69) is 34.7 Å². The average Bonchev–Trinajstić information content (AvgIpc) is 2.41. The lowest BCUT2D eigenvalue weighted by atomic mass is 10.2. The van der Waals surface area contributed by atoms with Gasteiger partial charge in [-0.2, -0.15) is 0 Å². The van der Waals surface area contributed by atoms with Crippen LogP contribution in [0.5, 0.6) is 0 Å². The fourth-order valence-corrected chi connectivity index (χ4v) is 1.56. The van der Waals surface area contributed by atoms with Crippen molar-refractivity contribution < 1.29 is 4.74 Å². The van der Waals surface area contributed by atoms with Crippen molar-refractivity contribution in [2.75, 3.05) is 27.2 Å². The first kappa shape index (κ1) is 18.2. The van der Waals surface area contributed by atoms with E-state index < -0.39 is 0 Å². The Bertz CT molecular complexity index is 357. The first-order valence-electron chi connectivity index (χ1n) is 6.26. The van der Waals surface area contributed by atoms with Crippen LogP contribution in [0.2, 0.25) is 0 Å². The van der Waals surface area contributed by atoms with Crippen molar-refractivity contribution in [3.8, 4) is 0 Å². The minimum Gasteiger partial charge on any atom is -0.376 e. The second-order valence-corrected chi connectivity index (χ2v) is 4.31. The number of halogens is 1. The number of aliphatic imine (C=N–C) groups is 1. The molecule has 1 aromatic rings. The number of guanidine groups is 1.